The fourth-order valence-corrected chi connectivity index (χ4v) is 0.289. The van der Waals surface area contributed by atoms with Gasteiger partial charge in [0.1, 0.15) is 0 Å². The molecule has 2 heteroatoms. The van der Waals surface area contributed by atoms with E-state index >= 15 is 0 Å². The second-order valence-electron chi connectivity index (χ2n) is 1.57. The molecule has 0 radical (unpaired) electrons. The SMILES string of the molecule is [CH2-]CC=C(C)C.[Cl-].[Mg+2]. The molecule has 0 saturated heterocycles. The van der Waals surface area contributed by atoms with E-state index in [1.807, 2.05) is 0 Å². The maximum absolute atomic E-state index is 3.65. The molecule has 0 fully saturated rings. The van der Waals surface area contributed by atoms with Crippen molar-refractivity contribution in [2.45, 2.75) is 20.3 Å². The summed E-state index contributed by atoms with van der Waals surface area (Å²) in [6.07, 6.45) is 3.02. The Labute approximate surface area is 74.3 Å². The molecule has 0 bridgehead atoms. The number of hydrogen-bond acceptors (Lipinski definition) is 0. The molecule has 8 heavy (non-hydrogen) atoms. The van der Waals surface area contributed by atoms with Crippen molar-refractivity contribution < 1.29 is 12.4 Å². The van der Waals surface area contributed by atoms with E-state index in [2.05, 4.69) is 26.8 Å². The Morgan fingerprint density at radius 2 is 1.88 bits per heavy atom. The molecule has 0 rings (SSSR count). The molecule has 0 unspecified atom stereocenters. The topological polar surface area (TPSA) is 0 Å². The van der Waals surface area contributed by atoms with E-state index in [1.54, 1.807) is 0 Å². The molecular formula is C6H11ClMg. The average molecular weight is 143 g/mol. The van der Waals surface area contributed by atoms with Gasteiger partial charge < -0.3 is 19.3 Å². The van der Waals surface area contributed by atoms with E-state index < -0.39 is 0 Å². The maximum atomic E-state index is 3.65. The minimum Gasteiger partial charge on any atom is -1.00 e. The van der Waals surface area contributed by atoms with Gasteiger partial charge in [0.25, 0.3) is 0 Å². The van der Waals surface area contributed by atoms with Crippen LogP contribution >= 0.6 is 0 Å². The first kappa shape index (κ1) is 15.9. The quantitative estimate of drug-likeness (QED) is 0.245. The van der Waals surface area contributed by atoms with Crippen LogP contribution in [0, 0.1) is 6.92 Å². The van der Waals surface area contributed by atoms with Gasteiger partial charge in [0.2, 0.25) is 0 Å². The minimum absolute atomic E-state index is 0. The number of halogens is 1. The number of allylic oxidation sites excluding steroid dienone is 2. The van der Waals surface area contributed by atoms with Crippen LogP contribution in [0.1, 0.15) is 20.3 Å². The fraction of sp³-hybridized carbons (Fsp3) is 0.500. The van der Waals surface area contributed by atoms with E-state index in [9.17, 15) is 0 Å². The van der Waals surface area contributed by atoms with E-state index in [0.717, 1.165) is 6.42 Å². The van der Waals surface area contributed by atoms with Gasteiger partial charge >= 0.3 is 23.1 Å². The largest absolute Gasteiger partial charge is 2.00 e. The summed E-state index contributed by atoms with van der Waals surface area (Å²) in [5, 5.41) is 0. The van der Waals surface area contributed by atoms with E-state index in [-0.39, 0.29) is 35.5 Å². The zero-order chi connectivity index (χ0) is 4.99. The number of rotatable bonds is 1. The Balaban J connectivity index is -0.000000125. The third-order valence-electron chi connectivity index (χ3n) is 0.553. The van der Waals surface area contributed by atoms with Crippen molar-refractivity contribution in [3.05, 3.63) is 18.6 Å². The molecule has 0 aromatic rings. The predicted molar refractivity (Wildman–Crippen MR) is 35.2 cm³/mol. The van der Waals surface area contributed by atoms with E-state index in [4.69, 9.17) is 0 Å². The summed E-state index contributed by atoms with van der Waals surface area (Å²) in [7, 11) is 0. The first-order chi connectivity index (χ1) is 2.77. The molecule has 0 atom stereocenters. The van der Waals surface area contributed by atoms with Crippen LogP contribution < -0.4 is 12.4 Å². The molecule has 0 aromatic heterocycles. The molecule has 0 N–H and O–H groups in total. The fourth-order valence-electron chi connectivity index (χ4n) is 0.289. The van der Waals surface area contributed by atoms with Crippen LogP contribution in [-0.4, -0.2) is 23.1 Å². The molecule has 44 valence electrons. The van der Waals surface area contributed by atoms with Crippen LogP contribution in [0.2, 0.25) is 0 Å². The van der Waals surface area contributed by atoms with Gasteiger partial charge in [0.15, 0.2) is 0 Å². The Kier molecular flexibility index (Phi) is 21.3. The zero-order valence-electron chi connectivity index (χ0n) is 5.58. The molecule has 0 nitrogen and oxygen atoms in total. The van der Waals surface area contributed by atoms with Crippen LogP contribution in [0.5, 0.6) is 0 Å². The molecular weight excluding hydrogens is 132 g/mol. The third kappa shape index (κ3) is 15.8. The van der Waals surface area contributed by atoms with Crippen molar-refractivity contribution in [2.75, 3.05) is 0 Å². The van der Waals surface area contributed by atoms with Gasteiger partial charge in [-0.15, -0.1) is 6.08 Å². The Morgan fingerprint density at radius 3 is 1.88 bits per heavy atom. The average Bonchev–Trinajstić information content (AvgIpc) is 1.35. The summed E-state index contributed by atoms with van der Waals surface area (Å²) < 4.78 is 0. The van der Waals surface area contributed by atoms with Crippen molar-refractivity contribution in [1.82, 2.24) is 0 Å². The maximum Gasteiger partial charge on any atom is 2.00 e. The van der Waals surface area contributed by atoms with Crippen molar-refractivity contribution in [2.24, 2.45) is 0 Å². The summed E-state index contributed by atoms with van der Waals surface area (Å²) in [5.41, 5.74) is 1.35. The second-order valence-corrected chi connectivity index (χ2v) is 1.57. The molecule has 0 spiro atoms. The molecule has 0 aliphatic carbocycles. The van der Waals surface area contributed by atoms with Crippen molar-refractivity contribution in [3.8, 4) is 0 Å². The van der Waals surface area contributed by atoms with Gasteiger partial charge in [-0.25, -0.2) is 0 Å². The van der Waals surface area contributed by atoms with Gasteiger partial charge in [-0.1, -0.05) is 5.57 Å². The molecule has 0 heterocycles. The molecule has 0 saturated carbocycles. The van der Waals surface area contributed by atoms with Gasteiger partial charge in [-0.2, -0.15) is 6.42 Å². The first-order valence-corrected chi connectivity index (χ1v) is 2.20. The van der Waals surface area contributed by atoms with Crippen molar-refractivity contribution in [1.29, 1.82) is 0 Å². The van der Waals surface area contributed by atoms with Crippen LogP contribution in [0.25, 0.3) is 0 Å². The summed E-state index contributed by atoms with van der Waals surface area (Å²) in [4.78, 5) is 0. The number of hydrogen-bond donors (Lipinski definition) is 0. The smallest absolute Gasteiger partial charge is 1.00 e. The van der Waals surface area contributed by atoms with Gasteiger partial charge in [0.05, 0.1) is 0 Å². The summed E-state index contributed by atoms with van der Waals surface area (Å²) >= 11 is 0. The molecule has 0 aliphatic rings. The Bertz CT molecular complexity index is 55.5. The molecule has 0 aromatic carbocycles. The predicted octanol–water partition coefficient (Wildman–Crippen LogP) is -1.20. The minimum atomic E-state index is 0. The van der Waals surface area contributed by atoms with Gasteiger partial charge in [-0.05, 0) is 13.8 Å². The van der Waals surface area contributed by atoms with Gasteiger partial charge in [0, 0.05) is 0 Å². The normalized spacial score (nSPS) is 5.88. The zero-order valence-corrected chi connectivity index (χ0v) is 7.75. The van der Waals surface area contributed by atoms with E-state index in [0.29, 0.717) is 0 Å². The summed E-state index contributed by atoms with van der Waals surface area (Å²) in [6, 6.07) is 0. The monoisotopic (exact) mass is 142 g/mol. The molecule has 0 aliphatic heterocycles. The third-order valence-corrected chi connectivity index (χ3v) is 0.553. The van der Waals surface area contributed by atoms with Crippen LogP contribution in [0.15, 0.2) is 11.6 Å². The van der Waals surface area contributed by atoms with Gasteiger partial charge in [-0.3, -0.25) is 0 Å². The van der Waals surface area contributed by atoms with E-state index in [1.165, 1.54) is 5.57 Å². The molecule has 0 amide bonds. The standard InChI is InChI=1S/C6H11.ClH.Mg/c1-4-5-6(2)3;;/h5H,1,4H2,2-3H3;1H;/q-1;;+2/p-1. The van der Waals surface area contributed by atoms with Crippen LogP contribution in [0.3, 0.4) is 0 Å². The Morgan fingerprint density at radius 1 is 1.50 bits per heavy atom. The second kappa shape index (κ2) is 10.7. The summed E-state index contributed by atoms with van der Waals surface area (Å²) in [6.45, 7) is 7.80. The van der Waals surface area contributed by atoms with Crippen LogP contribution in [0.4, 0.5) is 0 Å². The Hall–Kier alpha value is 0.796. The summed E-state index contributed by atoms with van der Waals surface area (Å²) in [5.74, 6) is 0. The van der Waals surface area contributed by atoms with Crippen LogP contribution in [-0.2, 0) is 0 Å². The van der Waals surface area contributed by atoms with Crippen molar-refractivity contribution in [3.63, 3.8) is 0 Å². The van der Waals surface area contributed by atoms with Crippen molar-refractivity contribution >= 4 is 23.1 Å². The first-order valence-electron chi connectivity index (χ1n) is 2.20.